The minimum atomic E-state index is 0.587. The Morgan fingerprint density at radius 1 is 0.414 bits per heavy atom. The number of rotatable bonds is 7. The second-order valence-electron chi connectivity index (χ2n) is 6.76. The maximum atomic E-state index is 4.34. The highest BCUT2D eigenvalue weighted by atomic mass is 15.1. The summed E-state index contributed by atoms with van der Waals surface area (Å²) >= 11 is 0. The molecule has 0 spiro atoms. The first-order valence-electron chi connectivity index (χ1n) is 9.76. The van der Waals surface area contributed by atoms with E-state index in [1.54, 1.807) is 0 Å². The fraction of sp³-hybridized carbons (Fsp3) is 0.0769. The number of hydrogen-bond acceptors (Lipinski definition) is 3. The number of para-hydroxylation sites is 2. The van der Waals surface area contributed by atoms with E-state index in [1.165, 1.54) is 5.56 Å². The fourth-order valence-electron chi connectivity index (χ4n) is 3.20. The standard InChI is InChI=1S/C26H23N3/c1-4-10-22(11-5-1)20-27-28-21-23-16-18-26(19-17-23)29(24-12-6-2-7-13-24)25-14-8-3-9-15-25/h1-19H,20-21H2. The Bertz CT molecular complexity index is 988. The van der Waals surface area contributed by atoms with Crippen molar-refractivity contribution >= 4 is 17.1 Å². The second kappa shape index (κ2) is 9.47. The quantitative estimate of drug-likeness (QED) is 0.310. The molecule has 0 aliphatic carbocycles. The first kappa shape index (κ1) is 18.6. The van der Waals surface area contributed by atoms with Gasteiger partial charge in [-0.3, -0.25) is 0 Å². The molecular formula is C26H23N3. The van der Waals surface area contributed by atoms with Crippen molar-refractivity contribution in [1.82, 2.24) is 0 Å². The Morgan fingerprint density at radius 2 is 0.793 bits per heavy atom. The summed E-state index contributed by atoms with van der Waals surface area (Å²) in [5.41, 5.74) is 5.70. The second-order valence-corrected chi connectivity index (χ2v) is 6.76. The molecule has 0 saturated heterocycles. The summed E-state index contributed by atoms with van der Waals surface area (Å²) in [7, 11) is 0. The van der Waals surface area contributed by atoms with E-state index in [9.17, 15) is 0 Å². The minimum Gasteiger partial charge on any atom is -0.311 e. The van der Waals surface area contributed by atoms with Gasteiger partial charge in [-0.15, -0.1) is 0 Å². The molecule has 0 N–H and O–H groups in total. The van der Waals surface area contributed by atoms with Crippen LogP contribution >= 0.6 is 0 Å². The molecule has 3 nitrogen and oxygen atoms in total. The zero-order valence-corrected chi connectivity index (χ0v) is 16.2. The minimum absolute atomic E-state index is 0.587. The predicted molar refractivity (Wildman–Crippen MR) is 120 cm³/mol. The number of anilines is 3. The van der Waals surface area contributed by atoms with Crippen molar-refractivity contribution in [2.75, 3.05) is 4.90 Å². The Labute approximate surface area is 172 Å². The number of azo groups is 1. The lowest BCUT2D eigenvalue weighted by Crippen LogP contribution is -2.09. The van der Waals surface area contributed by atoms with E-state index < -0.39 is 0 Å². The molecule has 0 bridgehead atoms. The van der Waals surface area contributed by atoms with Gasteiger partial charge in [-0.1, -0.05) is 78.9 Å². The molecule has 142 valence electrons. The van der Waals surface area contributed by atoms with Gasteiger partial charge >= 0.3 is 0 Å². The molecule has 0 unspecified atom stereocenters. The van der Waals surface area contributed by atoms with Gasteiger partial charge in [-0.2, -0.15) is 10.2 Å². The molecule has 3 heteroatoms. The van der Waals surface area contributed by atoms with Gasteiger partial charge in [0, 0.05) is 17.1 Å². The lowest BCUT2D eigenvalue weighted by molar-refractivity contribution is 0.851. The van der Waals surface area contributed by atoms with Crippen LogP contribution in [0.2, 0.25) is 0 Å². The largest absolute Gasteiger partial charge is 0.311 e. The smallest absolute Gasteiger partial charge is 0.0849 e. The van der Waals surface area contributed by atoms with E-state index in [0.717, 1.165) is 22.6 Å². The topological polar surface area (TPSA) is 28.0 Å². The SMILES string of the molecule is c1ccc(CN=NCc2ccc(N(c3ccccc3)c3ccccc3)cc2)cc1. The van der Waals surface area contributed by atoms with Crippen LogP contribution in [0.25, 0.3) is 0 Å². The van der Waals surface area contributed by atoms with Gasteiger partial charge in [0.25, 0.3) is 0 Å². The van der Waals surface area contributed by atoms with Crippen molar-refractivity contribution < 1.29 is 0 Å². The van der Waals surface area contributed by atoms with Crippen molar-refractivity contribution in [3.8, 4) is 0 Å². The Balaban J connectivity index is 1.49. The molecule has 29 heavy (non-hydrogen) atoms. The van der Waals surface area contributed by atoms with Gasteiger partial charge < -0.3 is 4.90 Å². The molecule has 0 heterocycles. The first-order valence-corrected chi connectivity index (χ1v) is 9.76. The van der Waals surface area contributed by atoms with E-state index in [2.05, 4.69) is 100 Å². The molecule has 0 aliphatic rings. The molecule has 0 radical (unpaired) electrons. The van der Waals surface area contributed by atoms with Gasteiger partial charge in [0.1, 0.15) is 0 Å². The van der Waals surface area contributed by atoms with Gasteiger partial charge in [-0.25, -0.2) is 0 Å². The summed E-state index contributed by atoms with van der Waals surface area (Å²) in [6.45, 7) is 1.21. The number of benzene rings is 4. The highest BCUT2D eigenvalue weighted by Crippen LogP contribution is 2.34. The van der Waals surface area contributed by atoms with Crippen LogP contribution in [-0.4, -0.2) is 0 Å². The Morgan fingerprint density at radius 3 is 1.28 bits per heavy atom. The lowest BCUT2D eigenvalue weighted by Gasteiger charge is -2.25. The maximum absolute atomic E-state index is 4.34. The third kappa shape index (κ3) is 4.96. The fourth-order valence-corrected chi connectivity index (χ4v) is 3.20. The predicted octanol–water partition coefficient (Wildman–Crippen LogP) is 7.31. The van der Waals surface area contributed by atoms with Crippen LogP contribution in [0.3, 0.4) is 0 Å². The summed E-state index contributed by atoms with van der Waals surface area (Å²) in [5.74, 6) is 0. The van der Waals surface area contributed by atoms with Crippen molar-refractivity contribution in [1.29, 1.82) is 0 Å². The van der Waals surface area contributed by atoms with Gasteiger partial charge in [0.2, 0.25) is 0 Å². The highest BCUT2D eigenvalue weighted by molar-refractivity contribution is 5.76. The summed E-state index contributed by atoms with van der Waals surface area (Å²) in [6.07, 6.45) is 0. The van der Waals surface area contributed by atoms with E-state index >= 15 is 0 Å². The van der Waals surface area contributed by atoms with E-state index in [-0.39, 0.29) is 0 Å². The molecule has 0 aromatic heterocycles. The van der Waals surface area contributed by atoms with Crippen LogP contribution in [0.15, 0.2) is 125 Å². The van der Waals surface area contributed by atoms with Crippen molar-refractivity contribution in [3.05, 3.63) is 126 Å². The third-order valence-corrected chi connectivity index (χ3v) is 4.67. The van der Waals surface area contributed by atoms with Gasteiger partial charge in [0.15, 0.2) is 0 Å². The van der Waals surface area contributed by atoms with Gasteiger partial charge in [-0.05, 0) is 47.5 Å². The van der Waals surface area contributed by atoms with Crippen LogP contribution in [-0.2, 0) is 13.1 Å². The summed E-state index contributed by atoms with van der Waals surface area (Å²) in [6, 6.07) is 39.5. The van der Waals surface area contributed by atoms with Crippen LogP contribution in [0.4, 0.5) is 17.1 Å². The number of hydrogen-bond donors (Lipinski definition) is 0. The lowest BCUT2D eigenvalue weighted by atomic mass is 10.1. The molecule has 0 aliphatic heterocycles. The van der Waals surface area contributed by atoms with E-state index in [0.29, 0.717) is 13.1 Å². The first-order chi connectivity index (χ1) is 14.4. The van der Waals surface area contributed by atoms with Crippen molar-refractivity contribution in [2.24, 2.45) is 10.2 Å². The maximum Gasteiger partial charge on any atom is 0.0849 e. The van der Waals surface area contributed by atoms with Crippen LogP contribution < -0.4 is 4.90 Å². The molecule has 0 atom stereocenters. The molecule has 0 fully saturated rings. The average Bonchev–Trinajstić information content (AvgIpc) is 2.80. The third-order valence-electron chi connectivity index (χ3n) is 4.67. The molecule has 0 amide bonds. The van der Waals surface area contributed by atoms with Crippen LogP contribution in [0, 0.1) is 0 Å². The molecule has 4 rings (SSSR count). The van der Waals surface area contributed by atoms with Gasteiger partial charge in [0.05, 0.1) is 13.1 Å². The molecular weight excluding hydrogens is 354 g/mol. The average molecular weight is 377 g/mol. The molecule has 4 aromatic rings. The summed E-state index contributed by atoms with van der Waals surface area (Å²) in [4.78, 5) is 2.25. The molecule has 4 aromatic carbocycles. The molecule has 0 saturated carbocycles. The monoisotopic (exact) mass is 377 g/mol. The van der Waals surface area contributed by atoms with Crippen molar-refractivity contribution in [3.63, 3.8) is 0 Å². The van der Waals surface area contributed by atoms with Crippen molar-refractivity contribution in [2.45, 2.75) is 13.1 Å². The van der Waals surface area contributed by atoms with Crippen LogP contribution in [0.5, 0.6) is 0 Å². The Kier molecular flexibility index (Phi) is 6.08. The normalized spacial score (nSPS) is 10.9. The highest BCUT2D eigenvalue weighted by Gasteiger charge is 2.11. The summed E-state index contributed by atoms with van der Waals surface area (Å²) in [5, 5.41) is 8.64. The van der Waals surface area contributed by atoms with E-state index in [4.69, 9.17) is 0 Å². The number of nitrogens with zero attached hydrogens (tertiary/aromatic N) is 3. The van der Waals surface area contributed by atoms with Crippen LogP contribution in [0.1, 0.15) is 11.1 Å². The Hall–Kier alpha value is -3.72. The van der Waals surface area contributed by atoms with E-state index in [1.807, 2.05) is 30.3 Å². The zero-order chi connectivity index (χ0) is 19.7. The summed E-state index contributed by atoms with van der Waals surface area (Å²) < 4.78 is 0. The zero-order valence-electron chi connectivity index (χ0n) is 16.2.